The Balaban J connectivity index is 1.59. The Hall–Kier alpha value is -0.610. The first-order chi connectivity index (χ1) is 8.15. The quantitative estimate of drug-likeness (QED) is 0.786. The Labute approximate surface area is 104 Å². The van der Waals surface area contributed by atoms with Crippen molar-refractivity contribution in [2.75, 3.05) is 33.2 Å². The highest BCUT2D eigenvalue weighted by Crippen LogP contribution is 2.22. The number of piperidine rings is 1. The second-order valence-electron chi connectivity index (χ2n) is 5.64. The number of rotatable bonds is 5. The van der Waals surface area contributed by atoms with Crippen molar-refractivity contribution in [2.45, 2.75) is 38.1 Å². The highest BCUT2D eigenvalue weighted by molar-refractivity contribution is 5.67. The minimum atomic E-state index is -0.651. The van der Waals surface area contributed by atoms with Gasteiger partial charge in [0.05, 0.1) is 6.42 Å². The van der Waals surface area contributed by atoms with E-state index in [1.807, 2.05) is 0 Å². The summed E-state index contributed by atoms with van der Waals surface area (Å²) in [6.07, 6.45) is 5.65. The fourth-order valence-electron chi connectivity index (χ4n) is 3.08. The lowest BCUT2D eigenvalue weighted by Crippen LogP contribution is -2.49. The van der Waals surface area contributed by atoms with Crippen LogP contribution < -0.4 is 0 Å². The molecule has 17 heavy (non-hydrogen) atoms. The van der Waals surface area contributed by atoms with Gasteiger partial charge < -0.3 is 14.9 Å². The maximum Gasteiger partial charge on any atom is 0.303 e. The Morgan fingerprint density at radius 1 is 1.35 bits per heavy atom. The number of likely N-dealkylation sites (tertiary alicyclic amines) is 2. The van der Waals surface area contributed by atoms with Crippen molar-refractivity contribution in [1.82, 2.24) is 9.80 Å². The molecule has 4 nitrogen and oxygen atoms in total. The third kappa shape index (κ3) is 3.68. The van der Waals surface area contributed by atoms with Gasteiger partial charge >= 0.3 is 5.97 Å². The van der Waals surface area contributed by atoms with E-state index in [4.69, 9.17) is 5.11 Å². The van der Waals surface area contributed by atoms with Gasteiger partial charge in [0.25, 0.3) is 0 Å². The summed E-state index contributed by atoms with van der Waals surface area (Å²) in [4.78, 5) is 15.4. The summed E-state index contributed by atoms with van der Waals surface area (Å²) in [5.74, 6) is -0.252. The summed E-state index contributed by atoms with van der Waals surface area (Å²) < 4.78 is 0. The van der Waals surface area contributed by atoms with Crippen LogP contribution in [0.25, 0.3) is 0 Å². The van der Waals surface area contributed by atoms with Crippen molar-refractivity contribution in [1.29, 1.82) is 0 Å². The first kappa shape index (κ1) is 12.8. The highest BCUT2D eigenvalue weighted by Gasteiger charge is 2.29. The van der Waals surface area contributed by atoms with Gasteiger partial charge in [-0.3, -0.25) is 4.79 Å². The van der Waals surface area contributed by atoms with Crippen LogP contribution in [-0.4, -0.2) is 60.1 Å². The maximum absolute atomic E-state index is 10.5. The van der Waals surface area contributed by atoms with Crippen molar-refractivity contribution < 1.29 is 9.90 Å². The lowest BCUT2D eigenvalue weighted by atomic mass is 9.94. The first-order valence-corrected chi connectivity index (χ1v) is 6.79. The Kier molecular flexibility index (Phi) is 4.40. The standard InChI is InChI=1S/C13H24N2O2/c1-14-6-3-2-4-12(14)5-7-15-9-11(10-15)8-13(16)17/h11-12H,2-10H2,1H3,(H,16,17). The molecule has 0 saturated carbocycles. The minimum Gasteiger partial charge on any atom is -0.481 e. The molecule has 0 aromatic heterocycles. The average Bonchev–Trinajstić information content (AvgIpc) is 2.23. The summed E-state index contributed by atoms with van der Waals surface area (Å²) >= 11 is 0. The summed E-state index contributed by atoms with van der Waals surface area (Å²) in [5.41, 5.74) is 0. The van der Waals surface area contributed by atoms with Gasteiger partial charge in [-0.1, -0.05) is 6.42 Å². The molecular formula is C13H24N2O2. The second-order valence-corrected chi connectivity index (χ2v) is 5.64. The topological polar surface area (TPSA) is 43.8 Å². The van der Waals surface area contributed by atoms with Crippen molar-refractivity contribution in [3.63, 3.8) is 0 Å². The normalized spacial score (nSPS) is 27.9. The van der Waals surface area contributed by atoms with Crippen molar-refractivity contribution in [3.8, 4) is 0 Å². The van der Waals surface area contributed by atoms with Gasteiger partial charge in [-0.2, -0.15) is 0 Å². The van der Waals surface area contributed by atoms with E-state index < -0.39 is 5.97 Å². The van der Waals surface area contributed by atoms with Crippen LogP contribution in [0.5, 0.6) is 0 Å². The summed E-state index contributed by atoms with van der Waals surface area (Å²) in [5, 5.41) is 8.68. The molecule has 2 aliphatic heterocycles. The summed E-state index contributed by atoms with van der Waals surface area (Å²) in [6.45, 7) is 4.36. The van der Waals surface area contributed by atoms with Crippen LogP contribution in [0, 0.1) is 5.92 Å². The van der Waals surface area contributed by atoms with E-state index in [1.165, 1.54) is 32.2 Å². The SMILES string of the molecule is CN1CCCCC1CCN1CC(CC(=O)O)C1. The molecule has 0 spiro atoms. The third-order valence-corrected chi connectivity index (χ3v) is 4.20. The number of hydrogen-bond acceptors (Lipinski definition) is 3. The average molecular weight is 240 g/mol. The van der Waals surface area contributed by atoms with E-state index in [2.05, 4.69) is 16.8 Å². The van der Waals surface area contributed by atoms with Gasteiger partial charge in [-0.25, -0.2) is 0 Å². The van der Waals surface area contributed by atoms with Crippen LogP contribution in [-0.2, 0) is 4.79 Å². The molecule has 1 atom stereocenters. The number of nitrogens with zero attached hydrogens (tertiary/aromatic N) is 2. The summed E-state index contributed by atoms with van der Waals surface area (Å²) in [7, 11) is 2.23. The fourth-order valence-corrected chi connectivity index (χ4v) is 3.08. The van der Waals surface area contributed by atoms with Gasteiger partial charge in [-0.15, -0.1) is 0 Å². The molecule has 2 rings (SSSR count). The fraction of sp³-hybridized carbons (Fsp3) is 0.923. The maximum atomic E-state index is 10.5. The predicted molar refractivity (Wildman–Crippen MR) is 67.1 cm³/mol. The zero-order valence-electron chi connectivity index (χ0n) is 10.8. The predicted octanol–water partition coefficient (Wildman–Crippen LogP) is 1.27. The minimum absolute atomic E-state index is 0.347. The summed E-state index contributed by atoms with van der Waals surface area (Å²) in [6, 6.07) is 0.752. The molecule has 2 aliphatic rings. The van der Waals surface area contributed by atoms with E-state index in [0.29, 0.717) is 12.3 Å². The molecule has 0 aromatic carbocycles. The molecule has 0 amide bonds. The van der Waals surface area contributed by atoms with E-state index in [-0.39, 0.29) is 0 Å². The lowest BCUT2D eigenvalue weighted by molar-refractivity contribution is -0.139. The number of hydrogen-bond donors (Lipinski definition) is 1. The van der Waals surface area contributed by atoms with Gasteiger partial charge in [-0.05, 0) is 45.3 Å². The molecule has 2 heterocycles. The van der Waals surface area contributed by atoms with Gasteiger partial charge in [0.15, 0.2) is 0 Å². The molecule has 1 unspecified atom stereocenters. The molecule has 2 saturated heterocycles. The molecule has 98 valence electrons. The Morgan fingerprint density at radius 3 is 2.76 bits per heavy atom. The van der Waals surface area contributed by atoms with E-state index in [1.54, 1.807) is 0 Å². The van der Waals surface area contributed by atoms with Crippen molar-refractivity contribution in [2.24, 2.45) is 5.92 Å². The van der Waals surface area contributed by atoms with E-state index in [9.17, 15) is 4.79 Å². The Morgan fingerprint density at radius 2 is 2.12 bits per heavy atom. The van der Waals surface area contributed by atoms with Gasteiger partial charge in [0.2, 0.25) is 0 Å². The third-order valence-electron chi connectivity index (χ3n) is 4.20. The van der Waals surface area contributed by atoms with Crippen LogP contribution in [0.3, 0.4) is 0 Å². The van der Waals surface area contributed by atoms with Crippen LogP contribution in [0.2, 0.25) is 0 Å². The molecule has 0 aromatic rings. The van der Waals surface area contributed by atoms with Crippen LogP contribution in [0.15, 0.2) is 0 Å². The monoisotopic (exact) mass is 240 g/mol. The molecule has 4 heteroatoms. The van der Waals surface area contributed by atoms with Crippen molar-refractivity contribution in [3.05, 3.63) is 0 Å². The van der Waals surface area contributed by atoms with E-state index in [0.717, 1.165) is 25.7 Å². The van der Waals surface area contributed by atoms with Gasteiger partial charge in [0, 0.05) is 19.1 Å². The lowest BCUT2D eigenvalue weighted by Gasteiger charge is -2.41. The molecular weight excluding hydrogens is 216 g/mol. The van der Waals surface area contributed by atoms with E-state index >= 15 is 0 Å². The van der Waals surface area contributed by atoms with Crippen LogP contribution >= 0.6 is 0 Å². The smallest absolute Gasteiger partial charge is 0.303 e. The molecule has 0 aliphatic carbocycles. The number of carbonyl (C=O) groups is 1. The molecule has 2 fully saturated rings. The Bertz CT molecular complexity index is 264. The zero-order valence-corrected chi connectivity index (χ0v) is 10.8. The van der Waals surface area contributed by atoms with Crippen molar-refractivity contribution >= 4 is 5.97 Å². The molecule has 0 radical (unpaired) electrons. The van der Waals surface area contributed by atoms with Gasteiger partial charge in [0.1, 0.15) is 0 Å². The van der Waals surface area contributed by atoms with Crippen LogP contribution in [0.1, 0.15) is 32.1 Å². The molecule has 1 N–H and O–H groups in total. The number of carboxylic acids is 1. The van der Waals surface area contributed by atoms with Crippen LogP contribution in [0.4, 0.5) is 0 Å². The number of carboxylic acid groups (broad SMARTS) is 1. The number of aliphatic carboxylic acids is 1. The first-order valence-electron chi connectivity index (χ1n) is 6.79. The molecule has 0 bridgehead atoms. The highest BCUT2D eigenvalue weighted by atomic mass is 16.4. The zero-order chi connectivity index (χ0) is 12.3. The second kappa shape index (κ2) is 5.83. The largest absolute Gasteiger partial charge is 0.481 e.